The monoisotopic (exact) mass is 322 g/mol. The molecule has 0 aliphatic rings. The molecule has 0 saturated carbocycles. The normalized spacial score (nSPS) is 10.3. The van der Waals surface area contributed by atoms with Crippen LogP contribution >= 0.6 is 23.4 Å². The van der Waals surface area contributed by atoms with E-state index < -0.39 is 5.97 Å². The van der Waals surface area contributed by atoms with E-state index in [1.54, 1.807) is 42.1 Å². The van der Waals surface area contributed by atoms with Crippen molar-refractivity contribution in [1.29, 1.82) is 0 Å². The van der Waals surface area contributed by atoms with E-state index in [-0.39, 0.29) is 0 Å². The molecule has 0 heterocycles. The van der Waals surface area contributed by atoms with E-state index in [1.165, 1.54) is 0 Å². The van der Waals surface area contributed by atoms with E-state index in [9.17, 15) is 4.79 Å². The highest BCUT2D eigenvalue weighted by Crippen LogP contribution is 2.20. The lowest BCUT2D eigenvalue weighted by Gasteiger charge is -2.06. The molecule has 110 valence electrons. The van der Waals surface area contributed by atoms with Crippen LogP contribution in [-0.2, 0) is 0 Å². The molecule has 21 heavy (non-hydrogen) atoms. The van der Waals surface area contributed by atoms with Crippen molar-refractivity contribution in [2.24, 2.45) is 0 Å². The van der Waals surface area contributed by atoms with Crippen molar-refractivity contribution in [3.63, 3.8) is 0 Å². The van der Waals surface area contributed by atoms with Gasteiger partial charge in [0.1, 0.15) is 5.75 Å². The quantitative estimate of drug-likeness (QED) is 0.598. The molecule has 0 unspecified atom stereocenters. The Balaban J connectivity index is 1.71. The molecule has 0 aliphatic carbocycles. The van der Waals surface area contributed by atoms with E-state index >= 15 is 0 Å². The van der Waals surface area contributed by atoms with Crippen LogP contribution in [0.5, 0.6) is 5.75 Å². The van der Waals surface area contributed by atoms with Gasteiger partial charge in [-0.05, 0) is 48.9 Å². The highest BCUT2D eigenvalue weighted by molar-refractivity contribution is 7.99. The van der Waals surface area contributed by atoms with Gasteiger partial charge < -0.3 is 9.84 Å². The van der Waals surface area contributed by atoms with Gasteiger partial charge in [-0.25, -0.2) is 4.79 Å². The van der Waals surface area contributed by atoms with E-state index in [1.807, 2.05) is 18.2 Å². The first-order chi connectivity index (χ1) is 10.1. The summed E-state index contributed by atoms with van der Waals surface area (Å²) in [4.78, 5) is 11.8. The fraction of sp³-hybridized carbons (Fsp3) is 0.188. The highest BCUT2D eigenvalue weighted by atomic mass is 35.5. The van der Waals surface area contributed by atoms with Gasteiger partial charge in [0, 0.05) is 15.7 Å². The number of carbonyl (C=O) groups is 1. The average Bonchev–Trinajstić information content (AvgIpc) is 2.49. The molecule has 0 fully saturated rings. The Bertz CT molecular complexity index is 599. The molecule has 3 nitrogen and oxygen atoms in total. The number of hydrogen-bond donors (Lipinski definition) is 1. The third kappa shape index (κ3) is 5.33. The molecule has 0 radical (unpaired) electrons. The second-order valence-corrected chi connectivity index (χ2v) is 5.94. The fourth-order valence-corrected chi connectivity index (χ4v) is 2.70. The molecule has 0 amide bonds. The predicted molar refractivity (Wildman–Crippen MR) is 85.7 cm³/mol. The van der Waals surface area contributed by atoms with Crippen molar-refractivity contribution < 1.29 is 14.6 Å². The molecule has 5 heteroatoms. The second kappa shape index (κ2) is 7.96. The van der Waals surface area contributed by atoms with Crippen LogP contribution in [0.4, 0.5) is 0 Å². The Morgan fingerprint density at radius 3 is 2.67 bits per heavy atom. The smallest absolute Gasteiger partial charge is 0.335 e. The zero-order chi connectivity index (χ0) is 15.1. The number of benzene rings is 2. The summed E-state index contributed by atoms with van der Waals surface area (Å²) >= 11 is 7.42. The molecule has 2 aromatic rings. The summed E-state index contributed by atoms with van der Waals surface area (Å²) in [5.41, 5.74) is 0.317. The van der Waals surface area contributed by atoms with Crippen molar-refractivity contribution in [1.82, 2.24) is 0 Å². The largest absolute Gasteiger partial charge is 0.494 e. The highest BCUT2D eigenvalue weighted by Gasteiger charge is 2.03. The van der Waals surface area contributed by atoms with Crippen LogP contribution in [0, 0.1) is 0 Å². The van der Waals surface area contributed by atoms with Crippen molar-refractivity contribution in [2.45, 2.75) is 11.3 Å². The Hall–Kier alpha value is -1.65. The molecule has 2 rings (SSSR count). The van der Waals surface area contributed by atoms with Crippen LogP contribution in [0.25, 0.3) is 0 Å². The summed E-state index contributed by atoms with van der Waals surface area (Å²) in [5, 5.41) is 9.62. The second-order valence-electron chi connectivity index (χ2n) is 4.34. The Morgan fingerprint density at radius 1 is 1.19 bits per heavy atom. The minimum Gasteiger partial charge on any atom is -0.494 e. The molecule has 1 N–H and O–H groups in total. The van der Waals surface area contributed by atoms with Crippen LogP contribution in [0.15, 0.2) is 53.4 Å². The van der Waals surface area contributed by atoms with Gasteiger partial charge in [0.25, 0.3) is 0 Å². The summed E-state index contributed by atoms with van der Waals surface area (Å²) in [6.07, 6.45) is 0.880. The van der Waals surface area contributed by atoms with Gasteiger partial charge in [0.15, 0.2) is 0 Å². The number of ether oxygens (including phenoxy) is 1. The van der Waals surface area contributed by atoms with Crippen LogP contribution in [0.1, 0.15) is 16.8 Å². The standard InChI is InChI=1S/C16H15ClO3S/c17-13-5-7-14(8-6-13)20-9-2-10-21-15-4-1-3-12(11-15)16(18)19/h1,3-8,11H,2,9-10H2,(H,18,19). The summed E-state index contributed by atoms with van der Waals surface area (Å²) in [7, 11) is 0. The van der Waals surface area contributed by atoms with E-state index in [4.69, 9.17) is 21.4 Å². The van der Waals surface area contributed by atoms with Crippen LogP contribution in [0.3, 0.4) is 0 Å². The summed E-state index contributed by atoms with van der Waals surface area (Å²) in [6.45, 7) is 0.618. The van der Waals surface area contributed by atoms with E-state index in [2.05, 4.69) is 0 Å². The molecule has 0 spiro atoms. The van der Waals surface area contributed by atoms with Gasteiger partial charge in [0.05, 0.1) is 12.2 Å². The molecule has 0 saturated heterocycles. The third-order valence-electron chi connectivity index (χ3n) is 2.72. The zero-order valence-corrected chi connectivity index (χ0v) is 12.9. The Morgan fingerprint density at radius 2 is 1.95 bits per heavy atom. The third-order valence-corrected chi connectivity index (χ3v) is 4.05. The Kier molecular flexibility index (Phi) is 5.96. The topological polar surface area (TPSA) is 46.5 Å². The molecule has 0 aromatic heterocycles. The number of hydrogen-bond acceptors (Lipinski definition) is 3. The first kappa shape index (κ1) is 15.7. The molecule has 0 bridgehead atoms. The maximum absolute atomic E-state index is 10.9. The number of carboxylic acid groups (broad SMARTS) is 1. The summed E-state index contributed by atoms with van der Waals surface area (Å²) in [5.74, 6) is 0.775. The maximum Gasteiger partial charge on any atom is 0.335 e. The summed E-state index contributed by atoms with van der Waals surface area (Å²) < 4.78 is 5.59. The van der Waals surface area contributed by atoms with Crippen LogP contribution in [-0.4, -0.2) is 23.4 Å². The van der Waals surface area contributed by atoms with E-state index in [0.29, 0.717) is 17.2 Å². The molecular weight excluding hydrogens is 308 g/mol. The number of thioether (sulfide) groups is 1. The lowest BCUT2D eigenvalue weighted by Crippen LogP contribution is -1.99. The molecular formula is C16H15ClO3S. The minimum absolute atomic E-state index is 0.317. The molecule has 0 atom stereocenters. The number of halogens is 1. The van der Waals surface area contributed by atoms with Gasteiger partial charge in [-0.15, -0.1) is 11.8 Å². The number of rotatable bonds is 7. The van der Waals surface area contributed by atoms with E-state index in [0.717, 1.165) is 22.8 Å². The molecule has 2 aromatic carbocycles. The first-order valence-corrected chi connectivity index (χ1v) is 7.86. The zero-order valence-electron chi connectivity index (χ0n) is 11.3. The van der Waals surface area contributed by atoms with Gasteiger partial charge in [-0.1, -0.05) is 17.7 Å². The maximum atomic E-state index is 10.9. The van der Waals surface area contributed by atoms with Gasteiger partial charge in [-0.3, -0.25) is 0 Å². The lowest BCUT2D eigenvalue weighted by molar-refractivity contribution is 0.0696. The van der Waals surface area contributed by atoms with Crippen LogP contribution in [0.2, 0.25) is 5.02 Å². The van der Waals surface area contributed by atoms with Gasteiger partial charge in [0.2, 0.25) is 0 Å². The SMILES string of the molecule is O=C(O)c1cccc(SCCCOc2ccc(Cl)cc2)c1. The number of carboxylic acids is 1. The van der Waals surface area contributed by atoms with Crippen molar-refractivity contribution in [3.05, 3.63) is 59.1 Å². The van der Waals surface area contributed by atoms with Crippen molar-refractivity contribution >= 4 is 29.3 Å². The van der Waals surface area contributed by atoms with Crippen LogP contribution < -0.4 is 4.74 Å². The minimum atomic E-state index is -0.900. The average molecular weight is 323 g/mol. The predicted octanol–water partition coefficient (Wildman–Crippen LogP) is 4.60. The van der Waals surface area contributed by atoms with Gasteiger partial charge >= 0.3 is 5.97 Å². The molecule has 0 aliphatic heterocycles. The summed E-state index contributed by atoms with van der Waals surface area (Å²) in [6, 6.07) is 14.2. The number of aromatic carboxylic acids is 1. The first-order valence-electron chi connectivity index (χ1n) is 6.50. The Labute approximate surface area is 132 Å². The van der Waals surface area contributed by atoms with Crippen molar-refractivity contribution in [3.8, 4) is 5.75 Å². The lowest BCUT2D eigenvalue weighted by atomic mass is 10.2. The van der Waals surface area contributed by atoms with Crippen molar-refractivity contribution in [2.75, 3.05) is 12.4 Å². The van der Waals surface area contributed by atoms with Gasteiger partial charge in [-0.2, -0.15) is 0 Å². The fourth-order valence-electron chi connectivity index (χ4n) is 1.69.